The van der Waals surface area contributed by atoms with Gasteiger partial charge in [-0.2, -0.15) is 0 Å². The number of aromatic nitrogens is 2. The minimum Gasteiger partial charge on any atom is -0.234 e. The summed E-state index contributed by atoms with van der Waals surface area (Å²) in [6.07, 6.45) is 46.4. The van der Waals surface area contributed by atoms with E-state index in [-0.39, 0.29) is 0 Å². The molecule has 1 heterocycles. The monoisotopic (exact) mass is 546 g/mol. The first kappa shape index (κ1) is 36.2. The van der Waals surface area contributed by atoms with E-state index in [1.54, 1.807) is 0 Å². The molecular weight excluding hydrogens is 472 g/mol. The molecule has 1 aromatic rings. The summed E-state index contributed by atoms with van der Waals surface area (Å²) in [5.41, 5.74) is 0. The van der Waals surface area contributed by atoms with Crippen LogP contribution in [0.1, 0.15) is 206 Å². The summed E-state index contributed by atoms with van der Waals surface area (Å²) >= 11 is 0. The Morgan fingerprint density at radius 3 is 1.10 bits per heavy atom. The van der Waals surface area contributed by atoms with Gasteiger partial charge in [0.1, 0.15) is 12.4 Å². The molecule has 0 saturated heterocycles. The van der Waals surface area contributed by atoms with Crippen molar-refractivity contribution >= 4 is 0 Å². The van der Waals surface area contributed by atoms with Crippen molar-refractivity contribution in [2.24, 2.45) is 0 Å². The van der Waals surface area contributed by atoms with Gasteiger partial charge in [-0.1, -0.05) is 174 Å². The molecule has 0 saturated carbocycles. The Hall–Kier alpha value is -0.790. The van der Waals surface area contributed by atoms with Crippen LogP contribution in [0.5, 0.6) is 0 Å². The Morgan fingerprint density at radius 2 is 0.744 bits per heavy atom. The van der Waals surface area contributed by atoms with Crippen molar-refractivity contribution in [1.29, 1.82) is 0 Å². The minimum atomic E-state index is 1.20. The first-order chi connectivity index (χ1) is 19.3. The van der Waals surface area contributed by atoms with Gasteiger partial charge in [0.25, 0.3) is 5.82 Å². The van der Waals surface area contributed by atoms with Crippen molar-refractivity contribution in [3.8, 4) is 0 Å². The van der Waals surface area contributed by atoms with Gasteiger partial charge in [0.15, 0.2) is 0 Å². The summed E-state index contributed by atoms with van der Waals surface area (Å²) in [5.74, 6) is 1.45. The van der Waals surface area contributed by atoms with Gasteiger partial charge in [-0.15, -0.1) is 0 Å². The molecule has 0 unspecified atom stereocenters. The molecule has 0 aromatic carbocycles. The van der Waals surface area contributed by atoms with E-state index in [1.807, 2.05) is 0 Å². The van der Waals surface area contributed by atoms with Crippen molar-refractivity contribution in [1.82, 2.24) is 4.57 Å². The van der Waals surface area contributed by atoms with Gasteiger partial charge in [-0.25, -0.2) is 9.13 Å². The van der Waals surface area contributed by atoms with Gasteiger partial charge >= 0.3 is 0 Å². The van der Waals surface area contributed by atoms with Crippen LogP contribution in [0, 0.1) is 6.92 Å². The number of unbranched alkanes of at least 4 members (excludes halogenated alkanes) is 27. The molecule has 0 aliphatic carbocycles. The van der Waals surface area contributed by atoms with E-state index in [4.69, 9.17) is 0 Å². The zero-order valence-corrected chi connectivity index (χ0v) is 27.5. The Kier molecular flexibility index (Phi) is 26.7. The van der Waals surface area contributed by atoms with Crippen LogP contribution in [-0.4, -0.2) is 4.57 Å². The lowest BCUT2D eigenvalue weighted by molar-refractivity contribution is -0.702. The van der Waals surface area contributed by atoms with Gasteiger partial charge in [-0.3, -0.25) is 0 Å². The number of imidazole rings is 1. The maximum absolute atomic E-state index is 2.49. The topological polar surface area (TPSA) is 8.81 Å². The fourth-order valence-corrected chi connectivity index (χ4v) is 6.14. The third-order valence-corrected chi connectivity index (χ3v) is 9.01. The quantitative estimate of drug-likeness (QED) is 0.0648. The largest absolute Gasteiger partial charge is 0.253 e. The average Bonchev–Trinajstić information content (AvgIpc) is 3.29. The normalized spacial score (nSPS) is 11.6. The van der Waals surface area contributed by atoms with Crippen LogP contribution >= 0.6 is 0 Å². The van der Waals surface area contributed by atoms with Crippen LogP contribution in [0.4, 0.5) is 0 Å². The van der Waals surface area contributed by atoms with Crippen molar-refractivity contribution in [2.45, 2.75) is 220 Å². The highest BCUT2D eigenvalue weighted by Crippen LogP contribution is 2.15. The highest BCUT2D eigenvalue weighted by atomic mass is 15.1. The van der Waals surface area contributed by atoms with E-state index in [0.29, 0.717) is 0 Å². The molecule has 0 spiro atoms. The Balaban J connectivity index is 1.86. The Labute approximate surface area is 247 Å². The highest BCUT2D eigenvalue weighted by Gasteiger charge is 2.11. The highest BCUT2D eigenvalue weighted by molar-refractivity contribution is 4.79. The van der Waals surface area contributed by atoms with Crippen molar-refractivity contribution in [2.75, 3.05) is 0 Å². The van der Waals surface area contributed by atoms with Gasteiger partial charge in [-0.05, 0) is 25.7 Å². The molecule has 0 radical (unpaired) electrons. The van der Waals surface area contributed by atoms with Gasteiger partial charge in [0.05, 0.1) is 13.1 Å². The predicted octanol–water partition coefficient (Wildman–Crippen LogP) is 12.4. The zero-order chi connectivity index (χ0) is 28.1. The van der Waals surface area contributed by atoms with E-state index < -0.39 is 0 Å². The fourth-order valence-electron chi connectivity index (χ4n) is 6.14. The molecule has 0 aliphatic rings. The number of nitrogens with zero attached hydrogens (tertiary/aromatic N) is 2. The second-order valence-corrected chi connectivity index (χ2v) is 12.8. The summed E-state index contributed by atoms with van der Waals surface area (Å²) in [5, 5.41) is 0. The van der Waals surface area contributed by atoms with Crippen LogP contribution in [0.25, 0.3) is 0 Å². The summed E-state index contributed by atoms with van der Waals surface area (Å²) in [6.45, 7) is 9.33. The van der Waals surface area contributed by atoms with E-state index in [9.17, 15) is 0 Å². The number of hydrogen-bond acceptors (Lipinski definition) is 0. The molecular formula is C37H73N2+. The molecule has 230 valence electrons. The second-order valence-electron chi connectivity index (χ2n) is 12.8. The van der Waals surface area contributed by atoms with Crippen LogP contribution in [0.3, 0.4) is 0 Å². The van der Waals surface area contributed by atoms with Crippen LogP contribution in [-0.2, 0) is 13.1 Å². The molecule has 0 N–H and O–H groups in total. The van der Waals surface area contributed by atoms with E-state index in [0.717, 1.165) is 0 Å². The summed E-state index contributed by atoms with van der Waals surface area (Å²) < 4.78 is 4.98. The number of rotatable bonds is 31. The maximum atomic E-state index is 2.49. The Morgan fingerprint density at radius 1 is 0.436 bits per heavy atom. The fraction of sp³-hybridized carbons (Fsp3) is 0.919. The lowest BCUT2D eigenvalue weighted by atomic mass is 10.0. The summed E-state index contributed by atoms with van der Waals surface area (Å²) in [7, 11) is 0. The molecule has 0 bridgehead atoms. The first-order valence-electron chi connectivity index (χ1n) is 18.3. The van der Waals surface area contributed by atoms with E-state index in [2.05, 4.69) is 42.3 Å². The minimum absolute atomic E-state index is 1.20. The lowest BCUT2D eigenvalue weighted by Crippen LogP contribution is -2.35. The number of aryl methyl sites for hydroxylation is 2. The molecule has 0 aliphatic heterocycles. The average molecular weight is 546 g/mol. The molecule has 0 fully saturated rings. The molecule has 0 amide bonds. The Bertz CT molecular complexity index is 605. The third kappa shape index (κ3) is 22.6. The van der Waals surface area contributed by atoms with Crippen LogP contribution in [0.15, 0.2) is 12.4 Å². The van der Waals surface area contributed by atoms with Crippen molar-refractivity contribution in [3.05, 3.63) is 18.2 Å². The summed E-state index contributed by atoms with van der Waals surface area (Å²) in [6, 6.07) is 0. The van der Waals surface area contributed by atoms with E-state index in [1.165, 1.54) is 205 Å². The van der Waals surface area contributed by atoms with Crippen molar-refractivity contribution in [3.63, 3.8) is 0 Å². The van der Waals surface area contributed by atoms with Gasteiger partial charge < -0.3 is 0 Å². The standard InChI is InChI=1S/C37H73N2/c1-4-6-8-10-12-14-16-18-19-20-21-22-24-26-28-30-32-34-39-36-35-38(37(39)3)33-31-29-27-25-23-17-15-13-11-9-7-5-2/h35-36H,4-34H2,1-3H3/q+1. The molecule has 39 heavy (non-hydrogen) atoms. The molecule has 0 atom stereocenters. The third-order valence-electron chi connectivity index (χ3n) is 9.01. The van der Waals surface area contributed by atoms with Gasteiger partial charge in [0.2, 0.25) is 0 Å². The predicted molar refractivity (Wildman–Crippen MR) is 175 cm³/mol. The molecule has 2 heteroatoms. The number of hydrogen-bond donors (Lipinski definition) is 0. The summed E-state index contributed by atoms with van der Waals surface area (Å²) in [4.78, 5) is 0. The second kappa shape index (κ2) is 28.7. The van der Waals surface area contributed by atoms with Crippen LogP contribution < -0.4 is 4.57 Å². The molecule has 1 aromatic heterocycles. The maximum Gasteiger partial charge on any atom is 0.253 e. The SMILES string of the molecule is CCCCCCCCCCCCCCCCCCC[n+]1ccn(CCCCCCCCCCCCCC)c1C. The lowest BCUT2D eigenvalue weighted by Gasteiger charge is -2.04. The van der Waals surface area contributed by atoms with Crippen molar-refractivity contribution < 1.29 is 4.57 Å². The van der Waals surface area contributed by atoms with Gasteiger partial charge in [0, 0.05) is 6.92 Å². The first-order valence-corrected chi connectivity index (χ1v) is 18.3. The molecule has 2 nitrogen and oxygen atoms in total. The zero-order valence-electron chi connectivity index (χ0n) is 27.5. The van der Waals surface area contributed by atoms with E-state index >= 15 is 0 Å². The van der Waals surface area contributed by atoms with Crippen LogP contribution in [0.2, 0.25) is 0 Å². The smallest absolute Gasteiger partial charge is 0.234 e. The molecule has 1 rings (SSSR count).